The van der Waals surface area contributed by atoms with Crippen molar-refractivity contribution in [3.05, 3.63) is 58.5 Å². The van der Waals surface area contributed by atoms with Gasteiger partial charge in [0.15, 0.2) is 9.84 Å². The van der Waals surface area contributed by atoms with Gasteiger partial charge in [0, 0.05) is 10.5 Å². The lowest BCUT2D eigenvalue weighted by Crippen LogP contribution is -2.41. The highest BCUT2D eigenvalue weighted by Crippen LogP contribution is 2.22. The Morgan fingerprint density at radius 3 is 2.58 bits per heavy atom. The average Bonchev–Trinajstić information content (AvgIpc) is 3.16. The van der Waals surface area contributed by atoms with Crippen LogP contribution in [0.3, 0.4) is 0 Å². The lowest BCUT2D eigenvalue weighted by molar-refractivity contribution is -0.133. The van der Waals surface area contributed by atoms with Crippen LogP contribution in [0.2, 0.25) is 0 Å². The molecule has 1 saturated heterocycles. The molecule has 0 bridgehead atoms. The molecule has 7 heteroatoms. The van der Waals surface area contributed by atoms with E-state index >= 15 is 0 Å². The molecule has 2 heterocycles. The van der Waals surface area contributed by atoms with E-state index in [1.807, 2.05) is 24.3 Å². The number of hydrogen-bond donors (Lipinski definition) is 0. The predicted octanol–water partition coefficient (Wildman–Crippen LogP) is 2.80. The number of nitrogens with zero attached hydrogens (tertiary/aromatic N) is 1. The molecule has 1 fully saturated rings. The Balaban J connectivity index is 1.78. The summed E-state index contributed by atoms with van der Waals surface area (Å²) in [6.45, 7) is 0.294. The van der Waals surface area contributed by atoms with Crippen molar-refractivity contribution in [1.82, 2.24) is 4.90 Å². The number of sulfone groups is 1. The second kappa shape index (κ2) is 7.11. The first-order valence-electron chi connectivity index (χ1n) is 7.70. The van der Waals surface area contributed by atoms with E-state index in [0.29, 0.717) is 18.7 Å². The second-order valence-electron chi connectivity index (χ2n) is 5.96. The topological polar surface area (TPSA) is 67.6 Å². The Labute approximate surface area is 149 Å². The predicted molar refractivity (Wildman–Crippen MR) is 94.2 cm³/mol. The van der Waals surface area contributed by atoms with Crippen molar-refractivity contribution >= 4 is 31.7 Å². The first-order valence-corrected chi connectivity index (χ1v) is 10.3. The van der Waals surface area contributed by atoms with Crippen LogP contribution in [-0.4, -0.2) is 36.8 Å². The molecular weight excluding hydrogens is 394 g/mol. The van der Waals surface area contributed by atoms with Gasteiger partial charge in [-0.1, -0.05) is 28.1 Å². The van der Waals surface area contributed by atoms with E-state index < -0.39 is 9.84 Å². The van der Waals surface area contributed by atoms with E-state index in [-0.39, 0.29) is 29.9 Å². The Morgan fingerprint density at radius 2 is 2.00 bits per heavy atom. The molecular formula is C17H18BrNO4S. The van der Waals surface area contributed by atoms with Crippen LogP contribution in [0, 0.1) is 0 Å². The average molecular weight is 412 g/mol. The van der Waals surface area contributed by atoms with Crippen molar-refractivity contribution < 1.29 is 17.6 Å². The lowest BCUT2D eigenvalue weighted by Gasteiger charge is -2.27. The van der Waals surface area contributed by atoms with E-state index in [4.69, 9.17) is 4.42 Å². The maximum Gasteiger partial charge on any atom is 0.227 e. The van der Waals surface area contributed by atoms with Crippen LogP contribution < -0.4 is 0 Å². The summed E-state index contributed by atoms with van der Waals surface area (Å²) in [4.78, 5) is 14.4. The molecule has 5 nitrogen and oxygen atoms in total. The molecule has 0 N–H and O–H groups in total. The van der Waals surface area contributed by atoms with Gasteiger partial charge in [0.05, 0.1) is 30.7 Å². The number of amides is 1. The van der Waals surface area contributed by atoms with E-state index in [0.717, 1.165) is 10.0 Å². The van der Waals surface area contributed by atoms with Gasteiger partial charge >= 0.3 is 0 Å². The summed E-state index contributed by atoms with van der Waals surface area (Å²) in [7, 11) is -3.06. The van der Waals surface area contributed by atoms with Crippen LogP contribution in [0.5, 0.6) is 0 Å². The number of rotatable bonds is 5. The van der Waals surface area contributed by atoms with Crippen LogP contribution in [0.15, 0.2) is 51.6 Å². The van der Waals surface area contributed by atoms with Crippen molar-refractivity contribution in [2.45, 2.75) is 25.4 Å². The quantitative estimate of drug-likeness (QED) is 0.758. The molecule has 3 rings (SSSR count). The smallest absolute Gasteiger partial charge is 0.227 e. The van der Waals surface area contributed by atoms with Gasteiger partial charge in [-0.2, -0.15) is 0 Å². The molecule has 1 aliphatic rings. The molecule has 1 aromatic heterocycles. The fraction of sp³-hybridized carbons (Fsp3) is 0.353. The van der Waals surface area contributed by atoms with Crippen molar-refractivity contribution in [3.63, 3.8) is 0 Å². The highest BCUT2D eigenvalue weighted by Gasteiger charge is 2.34. The van der Waals surface area contributed by atoms with Gasteiger partial charge in [-0.05, 0) is 36.2 Å². The van der Waals surface area contributed by atoms with E-state index in [1.54, 1.807) is 23.3 Å². The van der Waals surface area contributed by atoms with Crippen molar-refractivity contribution in [3.8, 4) is 0 Å². The fourth-order valence-electron chi connectivity index (χ4n) is 2.89. The summed E-state index contributed by atoms with van der Waals surface area (Å²) >= 11 is 3.37. The number of furan rings is 1. The minimum Gasteiger partial charge on any atom is -0.467 e. The van der Waals surface area contributed by atoms with Gasteiger partial charge in [-0.25, -0.2) is 8.42 Å². The van der Waals surface area contributed by atoms with E-state index in [2.05, 4.69) is 15.9 Å². The monoisotopic (exact) mass is 411 g/mol. The second-order valence-corrected chi connectivity index (χ2v) is 9.11. The molecule has 0 aliphatic carbocycles. The van der Waals surface area contributed by atoms with Crippen LogP contribution in [0.4, 0.5) is 0 Å². The summed E-state index contributed by atoms with van der Waals surface area (Å²) in [5.41, 5.74) is 0.897. The number of carbonyl (C=O) groups excluding carboxylic acids is 1. The first kappa shape index (κ1) is 17.2. The minimum absolute atomic E-state index is 0.0276. The fourth-order valence-corrected chi connectivity index (χ4v) is 4.89. The number of benzene rings is 1. The van der Waals surface area contributed by atoms with Gasteiger partial charge in [-0.3, -0.25) is 4.79 Å². The zero-order valence-electron chi connectivity index (χ0n) is 13.0. The van der Waals surface area contributed by atoms with Gasteiger partial charge in [0.25, 0.3) is 0 Å². The third kappa shape index (κ3) is 4.27. The molecule has 1 atom stereocenters. The van der Waals surface area contributed by atoms with Crippen LogP contribution >= 0.6 is 15.9 Å². The third-order valence-electron chi connectivity index (χ3n) is 4.14. The summed E-state index contributed by atoms with van der Waals surface area (Å²) in [6.07, 6.45) is 2.28. The highest BCUT2D eigenvalue weighted by molar-refractivity contribution is 9.10. The highest BCUT2D eigenvalue weighted by atomic mass is 79.9. The number of hydrogen-bond acceptors (Lipinski definition) is 4. The van der Waals surface area contributed by atoms with Gasteiger partial charge < -0.3 is 9.32 Å². The van der Waals surface area contributed by atoms with Crippen molar-refractivity contribution in [2.75, 3.05) is 11.5 Å². The molecule has 2 aromatic rings. The zero-order chi connectivity index (χ0) is 17.2. The summed E-state index contributed by atoms with van der Waals surface area (Å²) in [5, 5.41) is 0. The third-order valence-corrected chi connectivity index (χ3v) is 6.42. The Hall–Kier alpha value is -1.60. The largest absolute Gasteiger partial charge is 0.467 e. The Bertz CT molecular complexity index is 800. The lowest BCUT2D eigenvalue weighted by atomic mass is 10.1. The number of carbonyl (C=O) groups is 1. The maximum absolute atomic E-state index is 12.8. The maximum atomic E-state index is 12.8. The van der Waals surface area contributed by atoms with Crippen molar-refractivity contribution in [1.29, 1.82) is 0 Å². The summed E-state index contributed by atoms with van der Waals surface area (Å²) in [6, 6.07) is 10.8. The van der Waals surface area contributed by atoms with Gasteiger partial charge in [0.2, 0.25) is 5.91 Å². The molecule has 1 aromatic carbocycles. The molecule has 0 spiro atoms. The number of halogens is 1. The molecule has 1 amide bonds. The SMILES string of the molecule is O=C(Cc1ccc(Br)cc1)N(Cc1ccco1)[C@H]1CCS(=O)(=O)C1. The van der Waals surface area contributed by atoms with Gasteiger partial charge in [-0.15, -0.1) is 0 Å². The van der Waals surface area contributed by atoms with Crippen molar-refractivity contribution in [2.24, 2.45) is 0 Å². The zero-order valence-corrected chi connectivity index (χ0v) is 15.4. The molecule has 128 valence electrons. The minimum atomic E-state index is -3.06. The molecule has 0 radical (unpaired) electrons. The Kier molecular flexibility index (Phi) is 5.10. The van der Waals surface area contributed by atoms with Crippen LogP contribution in [0.25, 0.3) is 0 Å². The first-order chi connectivity index (χ1) is 11.4. The van der Waals surface area contributed by atoms with Crippen LogP contribution in [0.1, 0.15) is 17.7 Å². The summed E-state index contributed by atoms with van der Waals surface area (Å²) in [5.74, 6) is 0.733. The van der Waals surface area contributed by atoms with E-state index in [9.17, 15) is 13.2 Å². The molecule has 24 heavy (non-hydrogen) atoms. The van der Waals surface area contributed by atoms with E-state index in [1.165, 1.54) is 0 Å². The molecule has 0 unspecified atom stereocenters. The standard InChI is InChI=1S/C17H18BrNO4S/c18-14-5-3-13(4-6-14)10-17(20)19(11-16-2-1-8-23-16)15-7-9-24(21,22)12-15/h1-6,8,15H,7,9-12H2/t15-/m0/s1. The Morgan fingerprint density at radius 1 is 1.25 bits per heavy atom. The normalized spacial score (nSPS) is 19.3. The summed E-state index contributed by atoms with van der Waals surface area (Å²) < 4.78 is 29.9. The molecule has 1 aliphatic heterocycles. The van der Waals surface area contributed by atoms with Gasteiger partial charge in [0.1, 0.15) is 5.76 Å². The molecule has 0 saturated carbocycles. The van der Waals surface area contributed by atoms with Crippen LogP contribution in [-0.2, 0) is 27.6 Å².